The number of carbonyl (C=O) groups is 1. The van der Waals surface area contributed by atoms with Crippen LogP contribution in [0.1, 0.15) is 17.2 Å². The van der Waals surface area contributed by atoms with Gasteiger partial charge in [0.2, 0.25) is 0 Å². The Bertz CT molecular complexity index is 646. The summed E-state index contributed by atoms with van der Waals surface area (Å²) in [7, 11) is 1.63. The highest BCUT2D eigenvalue weighted by atomic mass is 35.5. The number of hydrogen-bond acceptors (Lipinski definition) is 2. The molecule has 22 heavy (non-hydrogen) atoms. The number of benzene rings is 2. The van der Waals surface area contributed by atoms with Crippen molar-refractivity contribution in [3.63, 3.8) is 0 Å². The lowest BCUT2D eigenvalue weighted by Gasteiger charge is -2.18. The molecule has 116 valence electrons. The Hall–Kier alpha value is -2.04. The van der Waals surface area contributed by atoms with E-state index in [4.69, 9.17) is 16.3 Å². The SMILES string of the molecule is COC(CNC(=O)Nc1cccc(Cl)c1)c1ccccc1C. The van der Waals surface area contributed by atoms with E-state index in [0.717, 1.165) is 11.1 Å². The number of rotatable bonds is 5. The molecule has 4 nitrogen and oxygen atoms in total. The van der Waals surface area contributed by atoms with Gasteiger partial charge in [0.05, 0.1) is 6.10 Å². The fourth-order valence-corrected chi connectivity index (χ4v) is 2.39. The summed E-state index contributed by atoms with van der Waals surface area (Å²) >= 11 is 5.88. The summed E-state index contributed by atoms with van der Waals surface area (Å²) in [5, 5.41) is 6.12. The van der Waals surface area contributed by atoms with Gasteiger partial charge in [-0.2, -0.15) is 0 Å². The van der Waals surface area contributed by atoms with Gasteiger partial charge in [0.15, 0.2) is 0 Å². The molecule has 0 aliphatic heterocycles. The number of anilines is 1. The zero-order valence-electron chi connectivity index (χ0n) is 12.6. The smallest absolute Gasteiger partial charge is 0.319 e. The lowest BCUT2D eigenvalue weighted by Crippen LogP contribution is -2.33. The van der Waals surface area contributed by atoms with Crippen LogP contribution < -0.4 is 10.6 Å². The molecule has 2 rings (SSSR count). The number of hydrogen-bond donors (Lipinski definition) is 2. The van der Waals surface area contributed by atoms with Gasteiger partial charge in [0.1, 0.15) is 0 Å². The summed E-state index contributed by atoms with van der Waals surface area (Å²) < 4.78 is 5.47. The summed E-state index contributed by atoms with van der Waals surface area (Å²) in [5.74, 6) is 0. The van der Waals surface area contributed by atoms with Crippen LogP contribution in [0.3, 0.4) is 0 Å². The summed E-state index contributed by atoms with van der Waals surface area (Å²) in [6.07, 6.45) is -0.189. The van der Waals surface area contributed by atoms with Gasteiger partial charge in [-0.3, -0.25) is 0 Å². The minimum atomic E-state index is -0.294. The van der Waals surface area contributed by atoms with Crippen molar-refractivity contribution in [1.82, 2.24) is 5.32 Å². The number of halogens is 1. The number of amides is 2. The summed E-state index contributed by atoms with van der Waals surface area (Å²) in [5.41, 5.74) is 2.84. The predicted octanol–water partition coefficient (Wildman–Crippen LogP) is 4.16. The first-order chi connectivity index (χ1) is 10.6. The maximum Gasteiger partial charge on any atom is 0.319 e. The van der Waals surface area contributed by atoms with Gasteiger partial charge in [0, 0.05) is 24.4 Å². The van der Waals surface area contributed by atoms with E-state index >= 15 is 0 Å². The lowest BCUT2D eigenvalue weighted by molar-refractivity contribution is 0.104. The average Bonchev–Trinajstić information content (AvgIpc) is 2.49. The van der Waals surface area contributed by atoms with Crippen molar-refractivity contribution in [2.24, 2.45) is 0 Å². The molecule has 2 amide bonds. The topological polar surface area (TPSA) is 50.4 Å². The fraction of sp³-hybridized carbons (Fsp3) is 0.235. The van der Waals surface area contributed by atoms with E-state index in [1.807, 2.05) is 31.2 Å². The van der Waals surface area contributed by atoms with Crippen molar-refractivity contribution in [2.45, 2.75) is 13.0 Å². The molecule has 0 heterocycles. The number of nitrogens with one attached hydrogen (secondary N) is 2. The molecule has 0 aliphatic rings. The fourth-order valence-electron chi connectivity index (χ4n) is 2.20. The van der Waals surface area contributed by atoms with Crippen molar-refractivity contribution in [3.8, 4) is 0 Å². The zero-order valence-corrected chi connectivity index (χ0v) is 13.4. The van der Waals surface area contributed by atoms with Gasteiger partial charge in [-0.15, -0.1) is 0 Å². The highest BCUT2D eigenvalue weighted by molar-refractivity contribution is 6.30. The molecule has 2 N–H and O–H groups in total. The van der Waals surface area contributed by atoms with Crippen molar-refractivity contribution in [1.29, 1.82) is 0 Å². The van der Waals surface area contributed by atoms with Crippen LogP contribution in [-0.2, 0) is 4.74 Å². The van der Waals surface area contributed by atoms with Crippen LogP contribution in [-0.4, -0.2) is 19.7 Å². The second kappa shape index (κ2) is 7.82. The number of ether oxygens (including phenoxy) is 1. The van der Waals surface area contributed by atoms with Crippen LogP contribution in [0.2, 0.25) is 5.02 Å². The molecular weight excluding hydrogens is 300 g/mol. The maximum absolute atomic E-state index is 11.9. The quantitative estimate of drug-likeness (QED) is 0.869. The molecule has 5 heteroatoms. The Morgan fingerprint density at radius 3 is 2.68 bits per heavy atom. The molecular formula is C17H19ClN2O2. The van der Waals surface area contributed by atoms with E-state index < -0.39 is 0 Å². The van der Waals surface area contributed by atoms with Gasteiger partial charge < -0.3 is 15.4 Å². The first-order valence-electron chi connectivity index (χ1n) is 6.99. The monoisotopic (exact) mass is 318 g/mol. The Morgan fingerprint density at radius 1 is 1.23 bits per heavy atom. The molecule has 0 radical (unpaired) electrons. The maximum atomic E-state index is 11.9. The van der Waals surface area contributed by atoms with Crippen molar-refractivity contribution < 1.29 is 9.53 Å². The van der Waals surface area contributed by atoms with Crippen LogP contribution in [0, 0.1) is 6.92 Å². The van der Waals surface area contributed by atoms with E-state index in [1.165, 1.54) is 0 Å². The van der Waals surface area contributed by atoms with Crippen molar-refractivity contribution in [3.05, 3.63) is 64.7 Å². The largest absolute Gasteiger partial charge is 0.375 e. The number of aryl methyl sites for hydroxylation is 1. The normalized spacial score (nSPS) is 11.8. The first-order valence-corrected chi connectivity index (χ1v) is 7.36. The third-order valence-corrected chi connectivity index (χ3v) is 3.59. The molecule has 0 fully saturated rings. The van der Waals surface area contributed by atoms with E-state index in [1.54, 1.807) is 31.4 Å². The lowest BCUT2D eigenvalue weighted by atomic mass is 10.0. The van der Waals surface area contributed by atoms with E-state index in [9.17, 15) is 4.79 Å². The number of carbonyl (C=O) groups excluding carboxylic acids is 1. The van der Waals surface area contributed by atoms with Crippen LogP contribution in [0.4, 0.5) is 10.5 Å². The summed E-state index contributed by atoms with van der Waals surface area (Å²) in [6.45, 7) is 2.40. The molecule has 0 aromatic heterocycles. The summed E-state index contributed by atoms with van der Waals surface area (Å²) in [4.78, 5) is 11.9. The minimum Gasteiger partial charge on any atom is -0.375 e. The van der Waals surface area contributed by atoms with Crippen LogP contribution >= 0.6 is 11.6 Å². The molecule has 0 bridgehead atoms. The predicted molar refractivity (Wildman–Crippen MR) is 89.4 cm³/mol. The van der Waals surface area contributed by atoms with Crippen LogP contribution in [0.15, 0.2) is 48.5 Å². The molecule has 2 aromatic carbocycles. The van der Waals surface area contributed by atoms with E-state index in [-0.39, 0.29) is 12.1 Å². The minimum absolute atomic E-state index is 0.189. The number of urea groups is 1. The first kappa shape index (κ1) is 16.3. The van der Waals surface area contributed by atoms with Crippen LogP contribution in [0.5, 0.6) is 0 Å². The van der Waals surface area contributed by atoms with E-state index in [2.05, 4.69) is 10.6 Å². The van der Waals surface area contributed by atoms with Crippen LogP contribution in [0.25, 0.3) is 0 Å². The van der Waals surface area contributed by atoms with Crippen molar-refractivity contribution >= 4 is 23.3 Å². The Morgan fingerprint density at radius 2 is 2.00 bits per heavy atom. The molecule has 0 spiro atoms. The Kier molecular flexibility index (Phi) is 5.81. The highest BCUT2D eigenvalue weighted by Crippen LogP contribution is 2.19. The molecule has 1 atom stereocenters. The van der Waals surface area contributed by atoms with Crippen molar-refractivity contribution in [2.75, 3.05) is 19.0 Å². The third-order valence-electron chi connectivity index (χ3n) is 3.35. The van der Waals surface area contributed by atoms with Gasteiger partial charge >= 0.3 is 6.03 Å². The molecule has 0 aliphatic carbocycles. The standard InChI is InChI=1S/C17H19ClN2O2/c1-12-6-3-4-9-15(12)16(22-2)11-19-17(21)20-14-8-5-7-13(18)10-14/h3-10,16H,11H2,1-2H3,(H2,19,20,21). The zero-order chi connectivity index (χ0) is 15.9. The van der Waals surface area contributed by atoms with Gasteiger partial charge in [-0.25, -0.2) is 4.79 Å². The molecule has 0 saturated heterocycles. The second-order valence-corrected chi connectivity index (χ2v) is 5.36. The molecule has 1 unspecified atom stereocenters. The van der Waals surface area contributed by atoms with Gasteiger partial charge in [-0.05, 0) is 36.2 Å². The highest BCUT2D eigenvalue weighted by Gasteiger charge is 2.14. The third kappa shape index (κ3) is 4.48. The van der Waals surface area contributed by atoms with Gasteiger partial charge in [-0.1, -0.05) is 41.9 Å². The Labute approximate surface area is 135 Å². The van der Waals surface area contributed by atoms with E-state index in [0.29, 0.717) is 17.3 Å². The molecule has 0 saturated carbocycles. The Balaban J connectivity index is 1.93. The summed E-state index contributed by atoms with van der Waals surface area (Å²) in [6, 6.07) is 14.7. The molecule has 2 aromatic rings. The second-order valence-electron chi connectivity index (χ2n) is 4.93. The van der Waals surface area contributed by atoms with Gasteiger partial charge in [0.25, 0.3) is 0 Å². The average molecular weight is 319 g/mol. The number of methoxy groups -OCH3 is 1.